The number of hydrogen-bond acceptors (Lipinski definition) is 4. The highest BCUT2D eigenvalue weighted by molar-refractivity contribution is 8.00. The number of carboxylic acid groups (broad SMARTS) is 1. The molecule has 7 nitrogen and oxygen atoms in total. The van der Waals surface area contributed by atoms with Gasteiger partial charge in [-0.2, -0.15) is 0 Å². The summed E-state index contributed by atoms with van der Waals surface area (Å²) < 4.78 is 0. The van der Waals surface area contributed by atoms with E-state index in [2.05, 4.69) is 16.0 Å². The van der Waals surface area contributed by atoms with Crippen molar-refractivity contribution in [2.24, 2.45) is 0 Å². The van der Waals surface area contributed by atoms with Crippen LogP contribution in [0.25, 0.3) is 0 Å². The van der Waals surface area contributed by atoms with Gasteiger partial charge in [-0.25, -0.2) is 9.59 Å². The number of aromatic carboxylic acids is 1. The Bertz CT molecular complexity index is 1090. The molecule has 0 spiro atoms. The van der Waals surface area contributed by atoms with Crippen LogP contribution in [-0.2, 0) is 4.79 Å². The van der Waals surface area contributed by atoms with Crippen molar-refractivity contribution < 1.29 is 19.5 Å². The normalized spacial score (nSPS) is 10.2. The third-order valence-corrected chi connectivity index (χ3v) is 5.34. The van der Waals surface area contributed by atoms with Crippen LogP contribution >= 0.6 is 23.4 Å². The highest BCUT2D eigenvalue weighted by atomic mass is 35.5. The van der Waals surface area contributed by atoms with Gasteiger partial charge >= 0.3 is 12.0 Å². The van der Waals surface area contributed by atoms with Crippen LogP contribution in [0.1, 0.15) is 10.4 Å². The quantitative estimate of drug-likeness (QED) is 0.356. The summed E-state index contributed by atoms with van der Waals surface area (Å²) in [6.07, 6.45) is 0. The minimum Gasteiger partial charge on any atom is -0.478 e. The molecule has 0 saturated heterocycles. The molecule has 31 heavy (non-hydrogen) atoms. The van der Waals surface area contributed by atoms with Crippen molar-refractivity contribution in [3.63, 3.8) is 0 Å². The van der Waals surface area contributed by atoms with Gasteiger partial charge < -0.3 is 21.1 Å². The Morgan fingerprint density at radius 3 is 2.13 bits per heavy atom. The highest BCUT2D eigenvalue weighted by Gasteiger charge is 2.11. The maximum Gasteiger partial charge on any atom is 0.335 e. The number of halogens is 1. The van der Waals surface area contributed by atoms with Gasteiger partial charge in [0.15, 0.2) is 0 Å². The summed E-state index contributed by atoms with van der Waals surface area (Å²) in [5.74, 6) is -1.32. The van der Waals surface area contributed by atoms with Gasteiger partial charge in [0, 0.05) is 16.3 Å². The van der Waals surface area contributed by atoms with Crippen molar-refractivity contribution in [2.75, 3.05) is 21.7 Å². The Kier molecular flexibility index (Phi) is 7.53. The van der Waals surface area contributed by atoms with E-state index in [1.807, 2.05) is 18.2 Å². The van der Waals surface area contributed by atoms with Gasteiger partial charge in [0.25, 0.3) is 0 Å². The fraction of sp³-hybridized carbons (Fsp3) is 0.0455. The lowest BCUT2D eigenvalue weighted by Crippen LogP contribution is -2.19. The van der Waals surface area contributed by atoms with E-state index < -0.39 is 5.97 Å². The lowest BCUT2D eigenvalue weighted by Gasteiger charge is -2.09. The van der Waals surface area contributed by atoms with E-state index in [0.717, 1.165) is 4.90 Å². The molecule has 0 aliphatic heterocycles. The predicted molar refractivity (Wildman–Crippen MR) is 123 cm³/mol. The molecule has 0 unspecified atom stereocenters. The number of thioether (sulfide) groups is 1. The van der Waals surface area contributed by atoms with Gasteiger partial charge in [-0.1, -0.05) is 29.8 Å². The lowest BCUT2D eigenvalue weighted by molar-refractivity contribution is -0.113. The van der Waals surface area contributed by atoms with Gasteiger partial charge in [0.1, 0.15) is 0 Å². The van der Waals surface area contributed by atoms with Crippen molar-refractivity contribution in [1.29, 1.82) is 0 Å². The molecule has 3 aromatic rings. The minimum atomic E-state index is -1.10. The number of benzene rings is 3. The van der Waals surface area contributed by atoms with E-state index in [0.29, 0.717) is 11.4 Å². The molecule has 0 saturated carbocycles. The maximum atomic E-state index is 12.2. The van der Waals surface area contributed by atoms with Gasteiger partial charge in [-0.3, -0.25) is 4.79 Å². The van der Waals surface area contributed by atoms with Gasteiger partial charge in [0.2, 0.25) is 5.91 Å². The second kappa shape index (κ2) is 10.5. The van der Waals surface area contributed by atoms with Crippen molar-refractivity contribution in [3.05, 3.63) is 83.4 Å². The molecule has 0 aliphatic rings. The molecule has 0 heterocycles. The fourth-order valence-corrected chi connectivity index (χ4v) is 3.40. The monoisotopic (exact) mass is 455 g/mol. The van der Waals surface area contributed by atoms with E-state index in [-0.39, 0.29) is 34.0 Å². The zero-order valence-electron chi connectivity index (χ0n) is 16.1. The largest absolute Gasteiger partial charge is 0.478 e. The number of rotatable bonds is 7. The first kappa shape index (κ1) is 22.2. The van der Waals surface area contributed by atoms with E-state index in [1.54, 1.807) is 36.4 Å². The molecular formula is C22H18ClN3O4S. The van der Waals surface area contributed by atoms with Crippen LogP contribution in [0.5, 0.6) is 0 Å². The summed E-state index contributed by atoms with van der Waals surface area (Å²) in [6.45, 7) is 0. The molecule has 0 radical (unpaired) electrons. The molecule has 0 aromatic heterocycles. The van der Waals surface area contributed by atoms with Crippen LogP contribution in [0.4, 0.5) is 21.9 Å². The third-order valence-electron chi connectivity index (χ3n) is 4.00. The first-order valence-electron chi connectivity index (χ1n) is 9.09. The lowest BCUT2D eigenvalue weighted by atomic mass is 10.2. The minimum absolute atomic E-state index is 0.0340. The van der Waals surface area contributed by atoms with Crippen molar-refractivity contribution in [1.82, 2.24) is 0 Å². The smallest absolute Gasteiger partial charge is 0.335 e. The predicted octanol–water partition coefficient (Wildman–Crippen LogP) is 5.41. The molecule has 9 heteroatoms. The first-order chi connectivity index (χ1) is 14.9. The average molecular weight is 456 g/mol. The van der Waals surface area contributed by atoms with Crippen LogP contribution in [0.3, 0.4) is 0 Å². The Labute approximate surface area is 187 Å². The van der Waals surface area contributed by atoms with E-state index in [9.17, 15) is 14.4 Å². The topological polar surface area (TPSA) is 108 Å². The first-order valence-corrected chi connectivity index (χ1v) is 10.5. The Morgan fingerprint density at radius 2 is 1.48 bits per heavy atom. The van der Waals surface area contributed by atoms with E-state index in [1.165, 1.54) is 30.0 Å². The number of carbonyl (C=O) groups excluding carboxylic acids is 2. The summed E-state index contributed by atoms with van der Waals surface area (Å²) in [7, 11) is 0. The molecule has 158 valence electrons. The number of carboxylic acids is 1. The summed E-state index contributed by atoms with van der Waals surface area (Å²) in [5, 5.41) is 17.4. The number of nitrogens with one attached hydrogen (secondary N) is 3. The second-order valence-corrected chi connectivity index (χ2v) is 7.76. The summed E-state index contributed by atoms with van der Waals surface area (Å²) >= 11 is 7.31. The number of hydrogen-bond donors (Lipinski definition) is 4. The third kappa shape index (κ3) is 6.77. The fourth-order valence-electron chi connectivity index (χ4n) is 2.54. The number of urea groups is 1. The molecule has 0 fully saturated rings. The van der Waals surface area contributed by atoms with E-state index in [4.69, 9.17) is 16.7 Å². The van der Waals surface area contributed by atoms with Gasteiger partial charge in [-0.15, -0.1) is 11.8 Å². The van der Waals surface area contributed by atoms with Crippen molar-refractivity contribution >= 4 is 58.3 Å². The van der Waals surface area contributed by atoms with Crippen LogP contribution in [0.2, 0.25) is 5.02 Å². The van der Waals surface area contributed by atoms with Crippen LogP contribution in [0, 0.1) is 0 Å². The number of amides is 3. The Balaban J connectivity index is 1.50. The standard InChI is InChI=1S/C22H18ClN3O4S/c23-18-11-6-14(21(28)29)12-19(18)26-20(27)13-31-17-9-7-16(8-10-17)25-22(30)24-15-4-2-1-3-5-15/h1-12H,13H2,(H,26,27)(H,28,29)(H2,24,25,30). The Hall–Kier alpha value is -3.49. The molecule has 4 N–H and O–H groups in total. The summed E-state index contributed by atoms with van der Waals surface area (Å²) in [5.41, 5.74) is 1.58. The SMILES string of the molecule is O=C(CSc1ccc(NC(=O)Nc2ccccc2)cc1)Nc1cc(C(=O)O)ccc1Cl. The molecule has 0 atom stereocenters. The summed E-state index contributed by atoms with van der Waals surface area (Å²) in [4.78, 5) is 36.1. The zero-order valence-corrected chi connectivity index (χ0v) is 17.7. The van der Waals surface area contributed by atoms with Crippen molar-refractivity contribution in [3.8, 4) is 0 Å². The average Bonchev–Trinajstić information content (AvgIpc) is 2.75. The Morgan fingerprint density at radius 1 is 0.839 bits per heavy atom. The molecular weight excluding hydrogens is 438 g/mol. The molecule has 3 aromatic carbocycles. The van der Waals surface area contributed by atoms with Crippen LogP contribution < -0.4 is 16.0 Å². The molecule has 0 aliphatic carbocycles. The molecule has 0 bridgehead atoms. The number of para-hydroxylation sites is 1. The van der Waals surface area contributed by atoms with Crippen LogP contribution in [-0.4, -0.2) is 28.8 Å². The van der Waals surface area contributed by atoms with Crippen LogP contribution in [0.15, 0.2) is 77.7 Å². The molecule has 3 amide bonds. The van der Waals surface area contributed by atoms with Crippen molar-refractivity contribution in [2.45, 2.75) is 4.90 Å². The van der Waals surface area contributed by atoms with E-state index >= 15 is 0 Å². The van der Waals surface area contributed by atoms with Gasteiger partial charge in [0.05, 0.1) is 22.0 Å². The zero-order chi connectivity index (χ0) is 22.2. The summed E-state index contributed by atoms with van der Waals surface area (Å²) in [6, 6.07) is 19.9. The second-order valence-electron chi connectivity index (χ2n) is 6.31. The number of carbonyl (C=O) groups is 3. The number of anilines is 3. The van der Waals surface area contributed by atoms with Gasteiger partial charge in [-0.05, 0) is 54.6 Å². The maximum absolute atomic E-state index is 12.2. The molecule has 3 rings (SSSR count). The highest BCUT2D eigenvalue weighted by Crippen LogP contribution is 2.25.